The Labute approximate surface area is 147 Å². The van der Waals surface area contributed by atoms with Crippen molar-refractivity contribution in [3.63, 3.8) is 0 Å². The number of carbonyl (C=O) groups is 1. The van der Waals surface area contributed by atoms with Gasteiger partial charge in [-0.15, -0.1) is 0 Å². The number of amides is 1. The molecule has 2 heterocycles. The number of benzene rings is 1. The molecule has 6 heteroatoms. The van der Waals surface area contributed by atoms with E-state index in [9.17, 15) is 9.90 Å². The molecule has 1 atom stereocenters. The molecule has 25 heavy (non-hydrogen) atoms. The second-order valence-corrected chi connectivity index (χ2v) is 6.79. The van der Waals surface area contributed by atoms with Crippen molar-refractivity contribution in [2.45, 2.75) is 25.9 Å². The minimum absolute atomic E-state index is 0.185. The van der Waals surface area contributed by atoms with E-state index >= 15 is 0 Å². The number of aromatic nitrogens is 1. The van der Waals surface area contributed by atoms with E-state index in [1.807, 2.05) is 12.1 Å². The second-order valence-electron chi connectivity index (χ2n) is 6.79. The van der Waals surface area contributed by atoms with Gasteiger partial charge in [0.05, 0.1) is 12.3 Å². The Morgan fingerprint density at radius 1 is 1.36 bits per heavy atom. The van der Waals surface area contributed by atoms with Gasteiger partial charge in [0.2, 0.25) is 0 Å². The van der Waals surface area contributed by atoms with Crippen LogP contribution >= 0.6 is 0 Å². The molecule has 0 spiro atoms. The van der Waals surface area contributed by atoms with Gasteiger partial charge in [-0.3, -0.25) is 4.79 Å². The zero-order valence-corrected chi connectivity index (χ0v) is 14.5. The maximum absolute atomic E-state index is 12.2. The molecule has 1 amide bonds. The topological polar surface area (TPSA) is 78.6 Å². The largest absolute Gasteiger partial charge is 0.444 e. The third kappa shape index (κ3) is 4.90. The summed E-state index contributed by atoms with van der Waals surface area (Å²) in [7, 11) is 0. The number of aliphatic hydroxyl groups is 1. The maximum atomic E-state index is 12.2. The van der Waals surface area contributed by atoms with Gasteiger partial charge >= 0.3 is 0 Å². The molecule has 1 aromatic carbocycles. The molecule has 1 aliphatic rings. The Morgan fingerprint density at radius 3 is 2.72 bits per heavy atom. The van der Waals surface area contributed by atoms with Crippen LogP contribution in [0.1, 0.15) is 30.1 Å². The number of oxazole rings is 1. The van der Waals surface area contributed by atoms with E-state index in [0.29, 0.717) is 17.9 Å². The minimum atomic E-state index is -0.550. The zero-order valence-electron chi connectivity index (χ0n) is 14.5. The fraction of sp³-hybridized carbons (Fsp3) is 0.474. The van der Waals surface area contributed by atoms with Crippen molar-refractivity contribution in [2.75, 3.05) is 26.2 Å². The average molecular weight is 343 g/mol. The summed E-state index contributed by atoms with van der Waals surface area (Å²) in [4.78, 5) is 18.4. The van der Waals surface area contributed by atoms with E-state index in [-0.39, 0.29) is 12.5 Å². The number of aliphatic hydroxyl groups excluding tert-OH is 1. The van der Waals surface area contributed by atoms with Gasteiger partial charge in [-0.1, -0.05) is 19.1 Å². The third-order valence-corrected chi connectivity index (χ3v) is 4.71. The molecule has 1 aromatic heterocycles. The van der Waals surface area contributed by atoms with E-state index in [1.54, 1.807) is 18.3 Å². The first-order chi connectivity index (χ1) is 12.1. The SMILES string of the molecule is CC1CCN(CC(O)CNC(=O)c2ccc(-c3cnco3)cc2)CC1. The quantitative estimate of drug-likeness (QED) is 0.840. The number of hydrogen-bond acceptors (Lipinski definition) is 5. The summed E-state index contributed by atoms with van der Waals surface area (Å²) >= 11 is 0. The minimum Gasteiger partial charge on any atom is -0.444 e. The van der Waals surface area contributed by atoms with Gasteiger partial charge in [0.25, 0.3) is 5.91 Å². The lowest BCUT2D eigenvalue weighted by molar-refractivity contribution is 0.0795. The highest BCUT2D eigenvalue weighted by molar-refractivity contribution is 5.94. The van der Waals surface area contributed by atoms with E-state index in [2.05, 4.69) is 22.1 Å². The van der Waals surface area contributed by atoms with E-state index < -0.39 is 6.10 Å². The summed E-state index contributed by atoms with van der Waals surface area (Å²) in [5.41, 5.74) is 1.43. The van der Waals surface area contributed by atoms with Crippen molar-refractivity contribution in [3.05, 3.63) is 42.4 Å². The molecule has 3 rings (SSSR count). The molecule has 0 radical (unpaired) electrons. The molecule has 0 saturated carbocycles. The lowest BCUT2D eigenvalue weighted by Gasteiger charge is -2.31. The zero-order chi connectivity index (χ0) is 17.6. The molecule has 134 valence electrons. The number of rotatable bonds is 6. The Bertz CT molecular complexity index is 662. The van der Waals surface area contributed by atoms with Crippen molar-refractivity contribution in [3.8, 4) is 11.3 Å². The number of nitrogens with zero attached hydrogens (tertiary/aromatic N) is 2. The van der Waals surface area contributed by atoms with Crippen LogP contribution in [0, 0.1) is 5.92 Å². The molecular weight excluding hydrogens is 318 g/mol. The molecule has 2 N–H and O–H groups in total. The number of hydrogen-bond donors (Lipinski definition) is 2. The summed E-state index contributed by atoms with van der Waals surface area (Å²) in [5, 5.41) is 13.0. The summed E-state index contributed by atoms with van der Waals surface area (Å²) in [6.07, 6.45) is 4.81. The van der Waals surface area contributed by atoms with Gasteiger partial charge in [-0.2, -0.15) is 0 Å². The number of carbonyl (C=O) groups excluding carboxylic acids is 1. The van der Waals surface area contributed by atoms with Gasteiger partial charge < -0.3 is 19.7 Å². The lowest BCUT2D eigenvalue weighted by Crippen LogP contribution is -2.43. The summed E-state index contributed by atoms with van der Waals surface area (Å²) in [5.74, 6) is 1.25. The number of nitrogens with one attached hydrogen (secondary N) is 1. The number of piperidine rings is 1. The molecule has 2 aromatic rings. The van der Waals surface area contributed by atoms with Crippen molar-refractivity contribution in [2.24, 2.45) is 5.92 Å². The summed E-state index contributed by atoms with van der Waals surface area (Å²) in [6.45, 7) is 5.18. The summed E-state index contributed by atoms with van der Waals surface area (Å²) < 4.78 is 5.23. The van der Waals surface area contributed by atoms with Gasteiger partial charge in [0.1, 0.15) is 0 Å². The molecule has 1 fully saturated rings. The maximum Gasteiger partial charge on any atom is 0.251 e. The first-order valence-electron chi connectivity index (χ1n) is 8.79. The van der Waals surface area contributed by atoms with Crippen LogP contribution in [0.5, 0.6) is 0 Å². The first kappa shape index (κ1) is 17.6. The Hall–Kier alpha value is -2.18. The van der Waals surface area contributed by atoms with Crippen LogP contribution in [-0.4, -0.2) is 53.2 Å². The van der Waals surface area contributed by atoms with Gasteiger partial charge in [-0.25, -0.2) is 4.98 Å². The van der Waals surface area contributed by atoms with E-state index in [4.69, 9.17) is 4.42 Å². The van der Waals surface area contributed by atoms with Crippen molar-refractivity contribution in [1.82, 2.24) is 15.2 Å². The summed E-state index contributed by atoms with van der Waals surface area (Å²) in [6, 6.07) is 7.12. The van der Waals surface area contributed by atoms with Crippen molar-refractivity contribution in [1.29, 1.82) is 0 Å². The van der Waals surface area contributed by atoms with Crippen LogP contribution in [0.25, 0.3) is 11.3 Å². The predicted octanol–water partition coefficient (Wildman–Crippen LogP) is 2.16. The highest BCUT2D eigenvalue weighted by Crippen LogP contribution is 2.19. The fourth-order valence-corrected chi connectivity index (χ4v) is 3.06. The highest BCUT2D eigenvalue weighted by atomic mass is 16.3. The Morgan fingerprint density at radius 2 is 2.08 bits per heavy atom. The molecule has 1 saturated heterocycles. The monoisotopic (exact) mass is 343 g/mol. The van der Waals surface area contributed by atoms with Crippen LogP contribution < -0.4 is 5.32 Å². The van der Waals surface area contributed by atoms with Gasteiger partial charge in [0.15, 0.2) is 12.2 Å². The molecule has 0 bridgehead atoms. The predicted molar refractivity (Wildman–Crippen MR) is 95.1 cm³/mol. The van der Waals surface area contributed by atoms with E-state index in [1.165, 1.54) is 19.2 Å². The smallest absolute Gasteiger partial charge is 0.251 e. The molecule has 1 unspecified atom stereocenters. The van der Waals surface area contributed by atoms with Crippen LogP contribution in [0.4, 0.5) is 0 Å². The lowest BCUT2D eigenvalue weighted by atomic mass is 9.99. The first-order valence-corrected chi connectivity index (χ1v) is 8.79. The fourth-order valence-electron chi connectivity index (χ4n) is 3.06. The third-order valence-electron chi connectivity index (χ3n) is 4.71. The van der Waals surface area contributed by atoms with Crippen LogP contribution in [0.15, 0.2) is 41.3 Å². The van der Waals surface area contributed by atoms with Gasteiger partial charge in [0, 0.05) is 24.2 Å². The Kier molecular flexibility index (Phi) is 5.83. The van der Waals surface area contributed by atoms with Crippen LogP contribution in [0.2, 0.25) is 0 Å². The molecule has 1 aliphatic heterocycles. The average Bonchev–Trinajstić information content (AvgIpc) is 3.16. The Balaban J connectivity index is 1.45. The number of likely N-dealkylation sites (tertiary alicyclic amines) is 1. The van der Waals surface area contributed by atoms with Crippen LogP contribution in [-0.2, 0) is 0 Å². The molecule has 0 aliphatic carbocycles. The molecular formula is C19H25N3O3. The van der Waals surface area contributed by atoms with E-state index in [0.717, 1.165) is 24.6 Å². The second kappa shape index (κ2) is 8.27. The number of β-amino-alcohol motifs (C(OH)–C–C–N with tert-alkyl or cyclic N) is 1. The molecule has 6 nitrogen and oxygen atoms in total. The van der Waals surface area contributed by atoms with Gasteiger partial charge in [-0.05, 0) is 44.0 Å². The van der Waals surface area contributed by atoms with Crippen molar-refractivity contribution < 1.29 is 14.3 Å². The van der Waals surface area contributed by atoms with Crippen LogP contribution in [0.3, 0.4) is 0 Å². The normalized spacial score (nSPS) is 17.4. The standard InChI is InChI=1S/C19H25N3O3/c1-14-6-8-22(9-7-14)12-17(23)10-21-19(24)16-4-2-15(3-5-16)18-11-20-13-25-18/h2-5,11,13-14,17,23H,6-10,12H2,1H3,(H,21,24). The van der Waals surface area contributed by atoms with Crippen molar-refractivity contribution >= 4 is 5.91 Å². The highest BCUT2D eigenvalue weighted by Gasteiger charge is 2.18.